The quantitative estimate of drug-likeness (QED) is 0.653. The third-order valence-corrected chi connectivity index (χ3v) is 5.40. The van der Waals surface area contributed by atoms with Crippen LogP contribution in [0.2, 0.25) is 0 Å². The van der Waals surface area contributed by atoms with Crippen LogP contribution in [0.15, 0.2) is 60.7 Å². The zero-order valence-corrected chi connectivity index (χ0v) is 15.7. The van der Waals surface area contributed by atoms with Crippen molar-refractivity contribution in [3.05, 3.63) is 71.8 Å². The van der Waals surface area contributed by atoms with Crippen LogP contribution in [0.1, 0.15) is 31.9 Å². The summed E-state index contributed by atoms with van der Waals surface area (Å²) in [6, 6.07) is 18.7. The molecule has 136 valence electrons. The molecule has 0 aliphatic carbocycles. The number of phosphoric ester groups is 1. The monoisotopic (exact) mass is 364 g/mol. The van der Waals surface area contributed by atoms with Crippen molar-refractivity contribution in [3.63, 3.8) is 0 Å². The molecule has 25 heavy (non-hydrogen) atoms. The zero-order valence-electron chi connectivity index (χ0n) is 14.8. The first-order chi connectivity index (χ1) is 11.8. The van der Waals surface area contributed by atoms with Gasteiger partial charge in [-0.1, -0.05) is 60.7 Å². The summed E-state index contributed by atoms with van der Waals surface area (Å²) < 4.78 is 29.7. The highest BCUT2D eigenvalue weighted by molar-refractivity contribution is 7.48. The Bertz CT molecular complexity index is 638. The van der Waals surface area contributed by atoms with Gasteiger partial charge in [0.05, 0.1) is 19.3 Å². The van der Waals surface area contributed by atoms with Gasteiger partial charge in [0, 0.05) is 0 Å². The van der Waals surface area contributed by atoms with E-state index in [1.807, 2.05) is 60.7 Å². The number of rotatable bonds is 9. The topological polar surface area (TPSA) is 65.0 Å². The lowest BCUT2D eigenvalue weighted by Crippen LogP contribution is -2.36. The van der Waals surface area contributed by atoms with Gasteiger partial charge >= 0.3 is 7.82 Å². The van der Waals surface area contributed by atoms with Crippen molar-refractivity contribution >= 4 is 7.82 Å². The molecular formula is C19H25O5P. The number of phosphoric acid groups is 1. The fourth-order valence-corrected chi connectivity index (χ4v) is 3.43. The fraction of sp³-hybridized carbons (Fsp3) is 0.368. The van der Waals surface area contributed by atoms with E-state index in [1.165, 1.54) is 0 Å². The molecule has 0 bridgehead atoms. The average Bonchev–Trinajstić information content (AvgIpc) is 2.60. The number of hydrogen-bond donors (Lipinski definition) is 1. The molecule has 1 atom stereocenters. The maximum absolute atomic E-state index is 13.1. The average molecular weight is 364 g/mol. The van der Waals surface area contributed by atoms with Gasteiger partial charge in [0.1, 0.15) is 5.60 Å². The smallest absolute Gasteiger partial charge is 0.390 e. The third kappa shape index (κ3) is 6.38. The van der Waals surface area contributed by atoms with Crippen LogP contribution in [-0.2, 0) is 31.4 Å². The highest BCUT2D eigenvalue weighted by Gasteiger charge is 2.38. The van der Waals surface area contributed by atoms with Crippen molar-refractivity contribution in [1.82, 2.24) is 0 Å². The van der Waals surface area contributed by atoms with E-state index in [0.29, 0.717) is 0 Å². The maximum atomic E-state index is 13.1. The molecule has 1 N–H and O–H groups in total. The van der Waals surface area contributed by atoms with Crippen molar-refractivity contribution < 1.29 is 23.2 Å². The van der Waals surface area contributed by atoms with Crippen LogP contribution in [-0.4, -0.2) is 16.8 Å². The second-order valence-corrected chi connectivity index (χ2v) is 7.93. The predicted molar refractivity (Wildman–Crippen MR) is 96.9 cm³/mol. The summed E-state index contributed by atoms with van der Waals surface area (Å²) in [5.41, 5.74) is 0.622. The molecule has 6 heteroatoms. The lowest BCUT2D eigenvalue weighted by molar-refractivity contribution is -0.0486. The van der Waals surface area contributed by atoms with Gasteiger partial charge in [-0.05, 0) is 31.9 Å². The van der Waals surface area contributed by atoms with E-state index in [-0.39, 0.29) is 13.2 Å². The molecule has 0 aliphatic rings. The van der Waals surface area contributed by atoms with Gasteiger partial charge in [0.2, 0.25) is 0 Å². The third-order valence-electron chi connectivity index (χ3n) is 3.82. The number of benzene rings is 2. The van der Waals surface area contributed by atoms with Gasteiger partial charge in [-0.25, -0.2) is 4.57 Å². The summed E-state index contributed by atoms with van der Waals surface area (Å²) in [4.78, 5) is 0. The molecule has 2 aromatic carbocycles. The van der Waals surface area contributed by atoms with E-state index in [4.69, 9.17) is 13.6 Å². The molecule has 0 amide bonds. The Labute approximate surface area is 149 Å². The first-order valence-electron chi connectivity index (χ1n) is 8.16. The maximum Gasteiger partial charge on any atom is 0.476 e. The SMILES string of the molecule is CC(O)C(C)(C)OP(=O)(OCc1ccccc1)OCc1ccccc1. The molecule has 1 unspecified atom stereocenters. The summed E-state index contributed by atoms with van der Waals surface area (Å²) in [5.74, 6) is 0. The number of aliphatic hydroxyl groups excluding tert-OH is 1. The Morgan fingerprint density at radius 1 is 0.920 bits per heavy atom. The van der Waals surface area contributed by atoms with Crippen molar-refractivity contribution in [1.29, 1.82) is 0 Å². The zero-order chi connectivity index (χ0) is 18.3. The van der Waals surface area contributed by atoms with Crippen molar-refractivity contribution in [2.75, 3.05) is 0 Å². The molecule has 0 saturated heterocycles. The minimum Gasteiger partial charge on any atom is -0.390 e. The van der Waals surface area contributed by atoms with Gasteiger partial charge in [-0.3, -0.25) is 13.6 Å². The largest absolute Gasteiger partial charge is 0.476 e. The molecule has 0 aromatic heterocycles. The molecule has 2 rings (SSSR count). The van der Waals surface area contributed by atoms with E-state index in [1.54, 1.807) is 20.8 Å². The molecule has 0 spiro atoms. The van der Waals surface area contributed by atoms with Gasteiger partial charge in [-0.15, -0.1) is 0 Å². The normalized spacial score (nSPS) is 13.6. The van der Waals surface area contributed by atoms with Crippen LogP contribution >= 0.6 is 7.82 Å². The molecule has 0 fully saturated rings. The summed E-state index contributed by atoms with van der Waals surface area (Å²) >= 11 is 0. The van der Waals surface area contributed by atoms with Gasteiger partial charge in [0.15, 0.2) is 0 Å². The molecule has 0 aliphatic heterocycles. The molecule has 0 saturated carbocycles. The Morgan fingerprint density at radius 2 is 1.32 bits per heavy atom. The van der Waals surface area contributed by atoms with E-state index in [2.05, 4.69) is 0 Å². The van der Waals surface area contributed by atoms with Crippen molar-refractivity contribution in [2.24, 2.45) is 0 Å². The second kappa shape index (κ2) is 8.75. The van der Waals surface area contributed by atoms with Crippen LogP contribution in [0, 0.1) is 0 Å². The summed E-state index contributed by atoms with van der Waals surface area (Å²) in [6.45, 7) is 5.02. The van der Waals surface area contributed by atoms with E-state index >= 15 is 0 Å². The van der Waals surface area contributed by atoms with Crippen LogP contribution in [0.4, 0.5) is 0 Å². The number of aliphatic hydroxyl groups is 1. The lowest BCUT2D eigenvalue weighted by Gasteiger charge is -2.31. The lowest BCUT2D eigenvalue weighted by atomic mass is 10.0. The van der Waals surface area contributed by atoms with Crippen molar-refractivity contribution in [3.8, 4) is 0 Å². The van der Waals surface area contributed by atoms with Gasteiger partial charge < -0.3 is 5.11 Å². The number of hydrogen-bond acceptors (Lipinski definition) is 5. The van der Waals surface area contributed by atoms with Gasteiger partial charge in [0.25, 0.3) is 0 Å². The van der Waals surface area contributed by atoms with E-state index in [0.717, 1.165) is 11.1 Å². The first kappa shape index (κ1) is 19.8. The predicted octanol–water partition coefficient (Wildman–Crippen LogP) is 4.70. The molecular weight excluding hydrogens is 339 g/mol. The fourth-order valence-electron chi connectivity index (χ4n) is 1.91. The van der Waals surface area contributed by atoms with E-state index in [9.17, 15) is 9.67 Å². The standard InChI is InChI=1S/C19H25O5P/c1-16(20)19(2,3)24-25(21,22-14-17-10-6-4-7-11-17)23-15-18-12-8-5-9-13-18/h4-13,16,20H,14-15H2,1-3H3. The van der Waals surface area contributed by atoms with Crippen LogP contribution < -0.4 is 0 Å². The van der Waals surface area contributed by atoms with Crippen LogP contribution in [0.3, 0.4) is 0 Å². The van der Waals surface area contributed by atoms with E-state index < -0.39 is 19.5 Å². The molecule has 2 aromatic rings. The van der Waals surface area contributed by atoms with Crippen LogP contribution in [0.5, 0.6) is 0 Å². The highest BCUT2D eigenvalue weighted by Crippen LogP contribution is 2.54. The highest BCUT2D eigenvalue weighted by atomic mass is 31.2. The molecule has 5 nitrogen and oxygen atoms in total. The first-order valence-corrected chi connectivity index (χ1v) is 9.63. The Balaban J connectivity index is 2.10. The summed E-state index contributed by atoms with van der Waals surface area (Å²) in [5, 5.41) is 9.86. The van der Waals surface area contributed by atoms with Crippen LogP contribution in [0.25, 0.3) is 0 Å². The Hall–Kier alpha value is -1.49. The minimum absolute atomic E-state index is 0.0861. The molecule has 0 heterocycles. The summed E-state index contributed by atoms with van der Waals surface area (Å²) in [6.07, 6.45) is -0.846. The molecule has 0 radical (unpaired) electrons. The second-order valence-electron chi connectivity index (χ2n) is 6.34. The minimum atomic E-state index is -3.89. The Morgan fingerprint density at radius 3 is 1.68 bits per heavy atom. The Kier molecular flexibility index (Phi) is 6.94. The van der Waals surface area contributed by atoms with Crippen molar-refractivity contribution in [2.45, 2.75) is 45.7 Å². The van der Waals surface area contributed by atoms with Gasteiger partial charge in [-0.2, -0.15) is 0 Å². The summed E-state index contributed by atoms with van der Waals surface area (Å²) in [7, 11) is -3.89.